The molecular weight excluding hydrogens is 1110 g/mol. The predicted octanol–water partition coefficient (Wildman–Crippen LogP) is 7.71. The van der Waals surface area contributed by atoms with Crippen LogP contribution in [0.15, 0.2) is 132 Å². The maximum Gasteiger partial charge on any atom is 0.338 e. The number of nitrogens with one attached hydrogen (secondary N) is 2. The van der Waals surface area contributed by atoms with E-state index in [4.69, 9.17) is 37.9 Å². The molecular formula is C64H69N3O19. The number of Topliss-reactive ketones (excluding diaryl/α,β-unsaturated/α-hetero) is 1. The van der Waals surface area contributed by atoms with E-state index in [-0.39, 0.29) is 39.1 Å². The second-order valence-corrected chi connectivity index (χ2v) is 21.5. The molecule has 22 heteroatoms. The number of carbonyl (C=O) groups excluding carboxylic acids is 6. The van der Waals surface area contributed by atoms with Gasteiger partial charge in [0, 0.05) is 61.2 Å². The molecule has 9 rings (SSSR count). The number of aliphatic hydroxyl groups excluding tert-OH is 2. The van der Waals surface area contributed by atoms with Crippen LogP contribution in [0.5, 0.6) is 23.0 Å². The zero-order valence-corrected chi connectivity index (χ0v) is 48.7. The molecule has 5 aromatic carbocycles. The van der Waals surface area contributed by atoms with E-state index in [1.54, 1.807) is 88.4 Å². The second kappa shape index (κ2) is 26.9. The molecule has 22 nitrogen and oxygen atoms in total. The molecule has 0 aliphatic carbocycles. The fraction of sp³-hybridized carbons (Fsp3) is 0.359. The molecule has 4 aliphatic heterocycles. The van der Waals surface area contributed by atoms with Crippen molar-refractivity contribution >= 4 is 58.2 Å². The quantitative estimate of drug-likeness (QED) is 0.0157. The van der Waals surface area contributed by atoms with Crippen LogP contribution < -0.4 is 15.5 Å². The van der Waals surface area contributed by atoms with E-state index in [9.17, 15) is 54.3 Å². The topological polar surface area (TPSA) is 314 Å². The minimum absolute atomic E-state index is 0.0152. The lowest BCUT2D eigenvalue weighted by Crippen LogP contribution is -2.46. The van der Waals surface area contributed by atoms with E-state index in [1.165, 1.54) is 89.4 Å². The number of hydrogen-bond donors (Lipinski definition) is 7. The van der Waals surface area contributed by atoms with E-state index < -0.39 is 160 Å². The van der Waals surface area contributed by atoms with E-state index in [0.29, 0.717) is 0 Å². The van der Waals surface area contributed by atoms with Gasteiger partial charge in [0.2, 0.25) is 0 Å². The average Bonchev–Trinajstić information content (AvgIpc) is 1.46. The number of aromatic hydroxyl groups is 3. The smallest absolute Gasteiger partial charge is 0.338 e. The minimum atomic E-state index is -2.22. The molecule has 0 radical (unpaired) electrons. The van der Waals surface area contributed by atoms with E-state index in [1.807, 2.05) is 0 Å². The molecule has 7 N–H and O–H groups in total. The molecule has 1 fully saturated rings. The number of allylic oxidation sites excluding steroid dienone is 2. The van der Waals surface area contributed by atoms with Gasteiger partial charge < -0.3 is 68.7 Å². The van der Waals surface area contributed by atoms with Gasteiger partial charge in [-0.15, -0.1) is 0 Å². The molecule has 4 aliphatic rings. The third kappa shape index (κ3) is 13.2. The number of rotatable bonds is 12. The Kier molecular flexibility index (Phi) is 19.7. The Labute approximate surface area is 495 Å². The molecule has 86 heavy (non-hydrogen) atoms. The molecule has 0 saturated carbocycles. The number of ketones is 1. The number of anilines is 1. The number of aliphatic hydroxyl groups is 2. The summed E-state index contributed by atoms with van der Waals surface area (Å²) in [5.74, 6) is -12.6. The highest BCUT2D eigenvalue weighted by Crippen LogP contribution is 2.55. The van der Waals surface area contributed by atoms with Crippen LogP contribution in [0.3, 0.4) is 0 Å². The molecule has 13 atom stereocenters. The Hall–Kier alpha value is -9.09. The molecule has 5 aromatic rings. The van der Waals surface area contributed by atoms with E-state index >= 15 is 0 Å². The average molecular weight is 1180 g/mol. The van der Waals surface area contributed by atoms with Crippen LogP contribution in [0.25, 0.3) is 10.8 Å². The van der Waals surface area contributed by atoms with E-state index in [2.05, 4.69) is 15.8 Å². The Morgan fingerprint density at radius 2 is 1.30 bits per heavy atom. The Balaban J connectivity index is 1.24. The molecule has 13 unspecified atom stereocenters. The van der Waals surface area contributed by atoms with Gasteiger partial charge in [0.25, 0.3) is 11.7 Å². The first kappa shape index (κ1) is 62.9. The number of phenols is 3. The number of phenolic OH excluding ortho intramolecular Hbond substituents is 3. The summed E-state index contributed by atoms with van der Waals surface area (Å²) >= 11 is 0. The summed E-state index contributed by atoms with van der Waals surface area (Å²) in [7, 11) is 1.39. The third-order valence-electron chi connectivity index (χ3n) is 15.6. The van der Waals surface area contributed by atoms with Crippen molar-refractivity contribution in [3.63, 3.8) is 0 Å². The number of amides is 1. The highest BCUT2D eigenvalue weighted by Gasteiger charge is 2.52. The van der Waals surface area contributed by atoms with Crippen molar-refractivity contribution in [3.05, 3.63) is 161 Å². The van der Waals surface area contributed by atoms with Crippen LogP contribution in [0, 0.1) is 30.6 Å². The first-order valence-electron chi connectivity index (χ1n) is 27.7. The van der Waals surface area contributed by atoms with Crippen molar-refractivity contribution in [2.75, 3.05) is 19.0 Å². The van der Waals surface area contributed by atoms with Crippen LogP contribution >= 0.6 is 0 Å². The Morgan fingerprint density at radius 1 is 0.721 bits per heavy atom. The van der Waals surface area contributed by atoms with Gasteiger partial charge in [-0.05, 0) is 56.3 Å². The number of carbonyl (C=O) groups is 6. The predicted molar refractivity (Wildman–Crippen MR) is 311 cm³/mol. The number of fused-ring (bicyclic) bond motifs is 14. The fourth-order valence-electron chi connectivity index (χ4n) is 10.6. The van der Waals surface area contributed by atoms with Gasteiger partial charge in [0.15, 0.2) is 24.2 Å². The van der Waals surface area contributed by atoms with Gasteiger partial charge in [-0.25, -0.2) is 14.4 Å². The number of hydrogen-bond acceptors (Lipinski definition) is 21. The number of benzene rings is 5. The molecule has 1 amide bonds. The fourth-order valence-corrected chi connectivity index (χ4v) is 10.6. The number of methoxy groups -OCH3 is 1. The normalized spacial score (nSPS) is 27.7. The third-order valence-corrected chi connectivity index (χ3v) is 15.6. The maximum absolute atomic E-state index is 14.9. The van der Waals surface area contributed by atoms with E-state index in [0.717, 1.165) is 12.5 Å². The van der Waals surface area contributed by atoms with Crippen molar-refractivity contribution in [2.45, 2.75) is 110 Å². The monoisotopic (exact) mass is 1180 g/mol. The Bertz CT molecular complexity index is 3480. The zero-order valence-electron chi connectivity index (χ0n) is 48.7. The summed E-state index contributed by atoms with van der Waals surface area (Å²) in [4.78, 5) is 82.7. The summed E-state index contributed by atoms with van der Waals surface area (Å²) < 4.78 is 47.9. The largest absolute Gasteiger partial charge is 0.507 e. The molecule has 0 spiro atoms. The standard InChI is InChI=1S/C64H69N3O19/c1-32-20-19-21-33(2)59(75)66-48-42(30-65-67-60-57(85-63(78)41-26-17-12-18-27-41)56(84-62(77)40-24-15-11-16-25-40)44(83-60)31-80-61(76)39-22-13-10-14-23-39)52(72)45-46(53(48)73)51(71)37(6)55-47(45)58(74)64(8,86-55)81-29-28-43(79-9)34(3)54(82-38(7)68)36(5)50(70)35(4)49(32)69/h10-30,32,34-36,43-44,49-50,54,56-57,60,67,69-73H,31H2,1-9H3,(H,66,75)/b20-19+,29-28+,33-21?,65-30+. The van der Waals surface area contributed by atoms with Crippen molar-refractivity contribution in [2.24, 2.45) is 28.8 Å². The van der Waals surface area contributed by atoms with Crippen molar-refractivity contribution in [1.82, 2.24) is 5.43 Å². The molecule has 5 bridgehead atoms. The summed E-state index contributed by atoms with van der Waals surface area (Å²) in [6, 6.07) is 23.8. The molecule has 4 heterocycles. The van der Waals surface area contributed by atoms with Crippen LogP contribution in [-0.2, 0) is 42.7 Å². The molecule has 1 saturated heterocycles. The first-order valence-corrected chi connectivity index (χ1v) is 27.7. The highest BCUT2D eigenvalue weighted by molar-refractivity contribution is 6.24. The van der Waals surface area contributed by atoms with Gasteiger partial charge in [-0.3, -0.25) is 19.8 Å². The zero-order chi connectivity index (χ0) is 62.3. The van der Waals surface area contributed by atoms with Gasteiger partial charge in [0.05, 0.1) is 69.7 Å². The number of hydrazone groups is 1. The second-order valence-electron chi connectivity index (χ2n) is 21.5. The number of ether oxygens (including phenoxy) is 8. The Morgan fingerprint density at radius 3 is 1.88 bits per heavy atom. The molecule has 454 valence electrons. The summed E-state index contributed by atoms with van der Waals surface area (Å²) in [5.41, 5.74) is 1.69. The van der Waals surface area contributed by atoms with Gasteiger partial charge in [0.1, 0.15) is 36.1 Å². The molecule has 0 aromatic heterocycles. The van der Waals surface area contributed by atoms with Gasteiger partial charge in [-0.1, -0.05) is 101 Å². The SMILES string of the molecule is COC1/C=C/OC2(C)Oc3c(C)c(O)c4c(O)c(c(/C=N/NC5OC(COC(=O)c6ccccc6)C(OC(=O)c6ccccc6)C5OC(=O)c5ccccc5)c(O)c4c3C2=O)NC(=O)C(C)=C/C=C/C(C)C(O)C(C)C(O)C(C)C(OC(C)=O)C1C. The summed E-state index contributed by atoms with van der Waals surface area (Å²) in [5, 5.41) is 66.1. The summed E-state index contributed by atoms with van der Waals surface area (Å²) in [6.45, 7) is 11.5. The van der Waals surface area contributed by atoms with Gasteiger partial charge >= 0.3 is 29.7 Å². The first-order chi connectivity index (χ1) is 41.0. The lowest BCUT2D eigenvalue weighted by atomic mass is 9.78. The lowest BCUT2D eigenvalue weighted by molar-refractivity contribution is -0.160. The maximum atomic E-state index is 14.9. The van der Waals surface area contributed by atoms with Crippen molar-refractivity contribution < 1.29 is 92.2 Å². The number of esters is 4. The minimum Gasteiger partial charge on any atom is -0.507 e. The highest BCUT2D eigenvalue weighted by atomic mass is 16.7. The summed E-state index contributed by atoms with van der Waals surface area (Å²) in [6.07, 6.45) is -2.25. The number of nitrogens with zero attached hydrogens (tertiary/aromatic N) is 1. The van der Waals surface area contributed by atoms with Crippen molar-refractivity contribution in [1.29, 1.82) is 0 Å². The van der Waals surface area contributed by atoms with Crippen LogP contribution in [0.4, 0.5) is 5.69 Å². The van der Waals surface area contributed by atoms with Crippen molar-refractivity contribution in [3.8, 4) is 23.0 Å². The van der Waals surface area contributed by atoms with Crippen LogP contribution in [-0.4, -0.2) is 136 Å². The lowest BCUT2D eigenvalue weighted by Gasteiger charge is -2.38. The van der Waals surface area contributed by atoms with Crippen LogP contribution in [0.1, 0.15) is 101 Å². The van der Waals surface area contributed by atoms with Crippen LogP contribution in [0.2, 0.25) is 0 Å². The van der Waals surface area contributed by atoms with Gasteiger partial charge in [-0.2, -0.15) is 5.10 Å².